The summed E-state index contributed by atoms with van der Waals surface area (Å²) in [4.78, 5) is 1.45. The third-order valence-corrected chi connectivity index (χ3v) is 2.04. The summed E-state index contributed by atoms with van der Waals surface area (Å²) in [6, 6.07) is 0. The summed E-state index contributed by atoms with van der Waals surface area (Å²) in [5, 5.41) is 0. The Balaban J connectivity index is 4.28. The molecule has 0 aliphatic carbocycles. The van der Waals surface area contributed by atoms with Crippen molar-refractivity contribution < 1.29 is 8.78 Å². The van der Waals surface area contributed by atoms with Gasteiger partial charge in [0.1, 0.15) is 0 Å². The van der Waals surface area contributed by atoms with Gasteiger partial charge >= 0.3 is 0 Å². The molecule has 1 nitrogen and oxygen atoms in total. The molecule has 0 aromatic rings. The smallest absolute Gasteiger partial charge is 0.264 e. The van der Waals surface area contributed by atoms with Crippen LogP contribution >= 0.6 is 0 Å². The van der Waals surface area contributed by atoms with Gasteiger partial charge in [0.15, 0.2) is 0 Å². The lowest BCUT2D eigenvalue weighted by Crippen LogP contribution is -2.32. The van der Waals surface area contributed by atoms with Crippen LogP contribution in [-0.2, 0) is 0 Å². The van der Waals surface area contributed by atoms with Crippen LogP contribution < -0.4 is 0 Å². The minimum absolute atomic E-state index is 0.158. The molecule has 0 N–H and O–H groups in total. The predicted molar refractivity (Wildman–Crippen MR) is 61.0 cm³/mol. The van der Waals surface area contributed by atoms with Gasteiger partial charge in [-0.3, -0.25) is 0 Å². The van der Waals surface area contributed by atoms with Crippen LogP contribution in [0.4, 0.5) is 8.78 Å². The predicted octanol–water partition coefficient (Wildman–Crippen LogP) is 3.61. The van der Waals surface area contributed by atoms with Gasteiger partial charge in [0, 0.05) is 19.2 Å². The number of allylic oxidation sites excluding steroid dienone is 3. The molecule has 0 spiro atoms. The first-order chi connectivity index (χ1) is 6.78. The molecule has 0 saturated heterocycles. The number of alkyl halides is 2. The lowest BCUT2D eigenvalue weighted by molar-refractivity contribution is -0.0223. The first-order valence-electron chi connectivity index (χ1n) is 4.90. The highest BCUT2D eigenvalue weighted by molar-refractivity contribution is 5.22. The summed E-state index contributed by atoms with van der Waals surface area (Å²) >= 11 is 0. The molecule has 0 bridgehead atoms. The molecule has 0 saturated carbocycles. The van der Waals surface area contributed by atoms with E-state index in [1.54, 1.807) is 19.2 Å². The highest BCUT2D eigenvalue weighted by Crippen LogP contribution is 2.20. The number of hydrogen-bond donors (Lipinski definition) is 0. The number of rotatable bonds is 6. The average Bonchev–Trinajstić information content (AvgIpc) is 2.13. The third-order valence-electron chi connectivity index (χ3n) is 2.04. The van der Waals surface area contributed by atoms with E-state index >= 15 is 0 Å². The Morgan fingerprint density at radius 3 is 2.27 bits per heavy atom. The number of likely N-dealkylation sites (N-methyl/N-ethyl adjacent to an activating group) is 1. The highest BCUT2D eigenvalue weighted by Gasteiger charge is 2.27. The minimum atomic E-state index is -2.66. The first kappa shape index (κ1) is 13.9. The van der Waals surface area contributed by atoms with E-state index in [-0.39, 0.29) is 13.0 Å². The van der Waals surface area contributed by atoms with Crippen molar-refractivity contribution in [2.45, 2.75) is 26.2 Å². The van der Waals surface area contributed by atoms with Crippen LogP contribution in [0.15, 0.2) is 36.6 Å². The van der Waals surface area contributed by atoms with Gasteiger partial charge in [-0.05, 0) is 13.0 Å². The Morgan fingerprint density at radius 1 is 1.33 bits per heavy atom. The Bertz CT molecular complexity index is 267. The molecule has 0 fully saturated rings. The van der Waals surface area contributed by atoms with E-state index < -0.39 is 5.92 Å². The van der Waals surface area contributed by atoms with Gasteiger partial charge in [-0.15, -0.1) is 0 Å². The van der Waals surface area contributed by atoms with E-state index in [1.807, 2.05) is 6.92 Å². The maximum atomic E-state index is 13.0. The molecule has 0 radical (unpaired) electrons. The van der Waals surface area contributed by atoms with Gasteiger partial charge in [0.25, 0.3) is 5.92 Å². The van der Waals surface area contributed by atoms with Crippen LogP contribution in [0.5, 0.6) is 0 Å². The van der Waals surface area contributed by atoms with E-state index in [9.17, 15) is 8.78 Å². The summed E-state index contributed by atoms with van der Waals surface area (Å²) in [6.07, 6.45) is 3.28. The second-order valence-electron chi connectivity index (χ2n) is 3.74. The number of hydrogen-bond acceptors (Lipinski definition) is 1. The normalized spacial score (nSPS) is 11.8. The fourth-order valence-corrected chi connectivity index (χ4v) is 0.926. The molecule has 3 heteroatoms. The van der Waals surface area contributed by atoms with Crippen LogP contribution in [0.25, 0.3) is 0 Å². The summed E-state index contributed by atoms with van der Waals surface area (Å²) in [7, 11) is 1.61. The average molecular weight is 215 g/mol. The molecular formula is C12H19F2N. The summed E-state index contributed by atoms with van der Waals surface area (Å²) in [6.45, 7) is 10.4. The third kappa shape index (κ3) is 6.05. The molecule has 0 aliphatic heterocycles. The molecule has 0 heterocycles. The Morgan fingerprint density at radius 2 is 1.87 bits per heavy atom. The van der Waals surface area contributed by atoms with E-state index in [2.05, 4.69) is 13.2 Å². The summed E-state index contributed by atoms with van der Waals surface area (Å²) in [5.41, 5.74) is 1.43. The van der Waals surface area contributed by atoms with Crippen LogP contribution in [-0.4, -0.2) is 24.4 Å². The van der Waals surface area contributed by atoms with Crippen molar-refractivity contribution in [1.29, 1.82) is 0 Å². The van der Waals surface area contributed by atoms with Crippen molar-refractivity contribution in [3.05, 3.63) is 36.6 Å². The van der Waals surface area contributed by atoms with Crippen molar-refractivity contribution in [2.24, 2.45) is 0 Å². The van der Waals surface area contributed by atoms with Crippen molar-refractivity contribution in [3.63, 3.8) is 0 Å². The first-order valence-corrected chi connectivity index (χ1v) is 4.90. The lowest BCUT2D eigenvalue weighted by atomic mass is 10.2. The molecule has 0 unspecified atom stereocenters. The van der Waals surface area contributed by atoms with Crippen molar-refractivity contribution >= 4 is 0 Å². The number of halogens is 2. The zero-order valence-corrected chi connectivity index (χ0v) is 9.69. The molecule has 86 valence electrons. The van der Waals surface area contributed by atoms with Gasteiger partial charge in [0.2, 0.25) is 0 Å². The zero-order valence-electron chi connectivity index (χ0n) is 9.69. The summed E-state index contributed by atoms with van der Waals surface area (Å²) in [5.74, 6) is -2.66. The van der Waals surface area contributed by atoms with Crippen LogP contribution in [0.3, 0.4) is 0 Å². The quantitative estimate of drug-likeness (QED) is 0.612. The fourth-order valence-electron chi connectivity index (χ4n) is 0.926. The van der Waals surface area contributed by atoms with Gasteiger partial charge in [-0.25, -0.2) is 8.78 Å². The Labute approximate surface area is 90.8 Å². The van der Waals surface area contributed by atoms with Crippen LogP contribution in [0.2, 0.25) is 0 Å². The molecule has 0 amide bonds. The molecule has 0 aromatic heterocycles. The van der Waals surface area contributed by atoms with Gasteiger partial charge in [0.05, 0.1) is 6.54 Å². The van der Waals surface area contributed by atoms with Crippen molar-refractivity contribution in [3.8, 4) is 0 Å². The van der Waals surface area contributed by atoms with Crippen LogP contribution in [0.1, 0.15) is 20.3 Å². The molecule has 0 rings (SSSR count). The molecule has 0 atom stereocenters. The Kier molecular flexibility index (Phi) is 5.26. The highest BCUT2D eigenvalue weighted by atomic mass is 19.3. The van der Waals surface area contributed by atoms with Crippen molar-refractivity contribution in [2.75, 3.05) is 13.6 Å². The van der Waals surface area contributed by atoms with Gasteiger partial charge in [-0.2, -0.15) is 0 Å². The van der Waals surface area contributed by atoms with Crippen LogP contribution in [0, 0.1) is 0 Å². The van der Waals surface area contributed by atoms with E-state index in [0.717, 1.165) is 5.57 Å². The zero-order chi connectivity index (χ0) is 12.1. The summed E-state index contributed by atoms with van der Waals surface area (Å²) < 4.78 is 26.1. The fraction of sp³-hybridized carbons (Fsp3) is 0.500. The van der Waals surface area contributed by atoms with Gasteiger partial charge < -0.3 is 4.90 Å². The standard InChI is InChI=1S/C12H19F2N/c1-6-12(13,14)9-15(5)11(4)8-7-10(2)3/h7-8H,2,4,6,9H2,1,3,5H3/b8-7-. The lowest BCUT2D eigenvalue weighted by Gasteiger charge is -2.24. The SMILES string of the molecule is C=C(C)/C=C\C(=C)N(C)CC(F)(F)CC. The second kappa shape index (κ2) is 5.69. The monoisotopic (exact) mass is 215 g/mol. The van der Waals surface area contributed by atoms with E-state index in [4.69, 9.17) is 0 Å². The Hall–Kier alpha value is -1.12. The molecular weight excluding hydrogens is 196 g/mol. The largest absolute Gasteiger partial charge is 0.369 e. The maximum absolute atomic E-state index is 13.0. The van der Waals surface area contributed by atoms with Crippen molar-refractivity contribution in [1.82, 2.24) is 4.90 Å². The van der Waals surface area contributed by atoms with Gasteiger partial charge in [-0.1, -0.05) is 31.7 Å². The molecule has 0 aliphatic rings. The number of nitrogens with zero attached hydrogens (tertiary/aromatic N) is 1. The second-order valence-corrected chi connectivity index (χ2v) is 3.74. The van der Waals surface area contributed by atoms with E-state index in [1.165, 1.54) is 11.8 Å². The van der Waals surface area contributed by atoms with E-state index in [0.29, 0.717) is 5.70 Å². The molecule has 15 heavy (non-hydrogen) atoms. The molecule has 0 aromatic carbocycles. The topological polar surface area (TPSA) is 3.24 Å². The minimum Gasteiger partial charge on any atom is -0.369 e. The maximum Gasteiger partial charge on any atom is 0.264 e.